The molecule has 0 unspecified atom stereocenters. The minimum absolute atomic E-state index is 0.165. The van der Waals surface area contributed by atoms with Crippen molar-refractivity contribution in [2.45, 2.75) is 6.92 Å². The van der Waals surface area contributed by atoms with E-state index in [9.17, 15) is 9.59 Å². The van der Waals surface area contributed by atoms with Gasteiger partial charge in [-0.3, -0.25) is 9.59 Å². The lowest BCUT2D eigenvalue weighted by Crippen LogP contribution is -2.16. The second kappa shape index (κ2) is 5.60. The first-order valence-electron chi connectivity index (χ1n) is 7.19. The molecular weight excluding hydrogens is 332 g/mol. The number of aromatic nitrogens is 3. The van der Waals surface area contributed by atoms with Crippen molar-refractivity contribution in [3.63, 3.8) is 0 Å². The van der Waals surface area contributed by atoms with Gasteiger partial charge in [-0.2, -0.15) is 4.37 Å². The molecule has 1 aliphatic heterocycles. The molecule has 2 N–H and O–H groups in total. The van der Waals surface area contributed by atoms with Crippen molar-refractivity contribution in [2.24, 2.45) is 0 Å². The summed E-state index contributed by atoms with van der Waals surface area (Å²) >= 11 is 0.941. The quantitative estimate of drug-likeness (QED) is 0.733. The Balaban J connectivity index is 1.66. The number of ether oxygens (including phenoxy) is 2. The maximum absolute atomic E-state index is 12.5. The number of fused-ring (bicyclic) bond motifs is 2. The van der Waals surface area contributed by atoms with Crippen LogP contribution in [0.4, 0.5) is 5.69 Å². The first kappa shape index (κ1) is 14.6. The molecule has 8 nitrogen and oxygen atoms in total. The van der Waals surface area contributed by atoms with Gasteiger partial charge in [0, 0.05) is 11.8 Å². The highest BCUT2D eigenvalue weighted by Gasteiger charge is 2.19. The van der Waals surface area contributed by atoms with Gasteiger partial charge in [0.1, 0.15) is 29.4 Å². The van der Waals surface area contributed by atoms with E-state index < -0.39 is 0 Å². The Morgan fingerprint density at radius 2 is 2.04 bits per heavy atom. The Kier molecular flexibility index (Phi) is 3.42. The molecule has 0 aliphatic carbocycles. The molecule has 24 heavy (non-hydrogen) atoms. The lowest BCUT2D eigenvalue weighted by Gasteiger charge is -2.18. The molecule has 9 heteroatoms. The molecule has 0 atom stereocenters. The van der Waals surface area contributed by atoms with Gasteiger partial charge in [0.2, 0.25) is 0 Å². The number of nitrogens with zero attached hydrogens (tertiary/aromatic N) is 2. The zero-order chi connectivity index (χ0) is 16.7. The first-order chi connectivity index (χ1) is 11.6. The van der Waals surface area contributed by atoms with Crippen LogP contribution in [0.1, 0.15) is 15.5 Å². The Bertz CT molecular complexity index is 1010. The van der Waals surface area contributed by atoms with Crippen LogP contribution in [0.3, 0.4) is 0 Å². The SMILES string of the molecule is Cc1nc2c(C(=O)Nc3ccc4c(c3)OCCO4)snc2c(=O)[nH]1. The van der Waals surface area contributed by atoms with Crippen LogP contribution in [-0.2, 0) is 0 Å². The van der Waals surface area contributed by atoms with Gasteiger partial charge in [0.05, 0.1) is 0 Å². The van der Waals surface area contributed by atoms with Gasteiger partial charge in [-0.25, -0.2) is 4.98 Å². The smallest absolute Gasteiger partial charge is 0.278 e. The molecule has 4 rings (SSSR count). The predicted molar refractivity (Wildman–Crippen MR) is 88.2 cm³/mol. The molecule has 1 amide bonds. The van der Waals surface area contributed by atoms with Crippen LogP contribution in [0.2, 0.25) is 0 Å². The Hall–Kier alpha value is -2.94. The highest BCUT2D eigenvalue weighted by Crippen LogP contribution is 2.33. The largest absolute Gasteiger partial charge is 0.486 e. The Morgan fingerprint density at radius 3 is 2.88 bits per heavy atom. The fourth-order valence-electron chi connectivity index (χ4n) is 2.42. The van der Waals surface area contributed by atoms with Gasteiger partial charge in [-0.15, -0.1) is 0 Å². The van der Waals surface area contributed by atoms with Gasteiger partial charge in [-0.05, 0) is 30.6 Å². The molecule has 0 spiro atoms. The molecular formula is C15H12N4O4S. The third kappa shape index (κ3) is 2.48. The van der Waals surface area contributed by atoms with E-state index in [1.165, 1.54) is 0 Å². The molecule has 122 valence electrons. The topological polar surface area (TPSA) is 106 Å². The van der Waals surface area contributed by atoms with E-state index in [-0.39, 0.29) is 21.9 Å². The number of aryl methyl sites for hydroxylation is 1. The number of H-pyrrole nitrogens is 1. The van der Waals surface area contributed by atoms with E-state index in [1.807, 2.05) is 0 Å². The first-order valence-corrected chi connectivity index (χ1v) is 7.96. The van der Waals surface area contributed by atoms with Gasteiger partial charge < -0.3 is 19.8 Å². The summed E-state index contributed by atoms with van der Waals surface area (Å²) in [6, 6.07) is 5.16. The van der Waals surface area contributed by atoms with E-state index in [2.05, 4.69) is 19.7 Å². The molecule has 0 saturated heterocycles. The minimum Gasteiger partial charge on any atom is -0.486 e. The zero-order valence-corrected chi connectivity index (χ0v) is 13.4. The van der Waals surface area contributed by atoms with Crippen LogP contribution in [-0.4, -0.2) is 33.5 Å². The summed E-state index contributed by atoms with van der Waals surface area (Å²) in [6.07, 6.45) is 0. The van der Waals surface area contributed by atoms with Crippen LogP contribution in [0.5, 0.6) is 11.5 Å². The number of amides is 1. The van der Waals surface area contributed by atoms with E-state index in [0.29, 0.717) is 41.7 Å². The lowest BCUT2D eigenvalue weighted by molar-refractivity contribution is 0.103. The van der Waals surface area contributed by atoms with E-state index >= 15 is 0 Å². The van der Waals surface area contributed by atoms with Crippen LogP contribution in [0.25, 0.3) is 11.0 Å². The van der Waals surface area contributed by atoms with E-state index in [0.717, 1.165) is 11.5 Å². The molecule has 0 radical (unpaired) electrons. The monoisotopic (exact) mass is 344 g/mol. The molecule has 2 aromatic heterocycles. The number of carbonyl (C=O) groups excluding carboxylic acids is 1. The molecule has 0 saturated carbocycles. The van der Waals surface area contributed by atoms with Crippen molar-refractivity contribution in [2.75, 3.05) is 18.5 Å². The third-order valence-corrected chi connectivity index (χ3v) is 4.30. The maximum atomic E-state index is 12.5. The second-order valence-electron chi connectivity index (χ2n) is 5.17. The maximum Gasteiger partial charge on any atom is 0.278 e. The van der Waals surface area contributed by atoms with Crippen LogP contribution in [0, 0.1) is 6.92 Å². The average Bonchev–Trinajstić information content (AvgIpc) is 2.99. The fourth-order valence-corrected chi connectivity index (χ4v) is 3.13. The molecule has 1 aromatic carbocycles. The Morgan fingerprint density at radius 1 is 1.25 bits per heavy atom. The fraction of sp³-hybridized carbons (Fsp3) is 0.200. The highest BCUT2D eigenvalue weighted by atomic mass is 32.1. The molecule has 0 bridgehead atoms. The second-order valence-corrected chi connectivity index (χ2v) is 5.95. The van der Waals surface area contributed by atoms with E-state index in [4.69, 9.17) is 9.47 Å². The van der Waals surface area contributed by atoms with Crippen molar-refractivity contribution in [1.82, 2.24) is 14.3 Å². The normalized spacial score (nSPS) is 13.0. The van der Waals surface area contributed by atoms with Crippen molar-refractivity contribution < 1.29 is 14.3 Å². The summed E-state index contributed by atoms with van der Waals surface area (Å²) in [6.45, 7) is 2.63. The van der Waals surface area contributed by atoms with Crippen LogP contribution < -0.4 is 20.3 Å². The third-order valence-electron chi connectivity index (χ3n) is 3.46. The van der Waals surface area contributed by atoms with Crippen molar-refractivity contribution in [3.8, 4) is 11.5 Å². The van der Waals surface area contributed by atoms with Crippen molar-refractivity contribution in [3.05, 3.63) is 39.3 Å². The molecule has 3 aromatic rings. The van der Waals surface area contributed by atoms with Crippen LogP contribution >= 0.6 is 11.5 Å². The number of carbonyl (C=O) groups is 1. The highest BCUT2D eigenvalue weighted by molar-refractivity contribution is 7.09. The van der Waals surface area contributed by atoms with Gasteiger partial charge >= 0.3 is 0 Å². The number of anilines is 1. The summed E-state index contributed by atoms with van der Waals surface area (Å²) in [5, 5.41) is 2.77. The predicted octanol–water partition coefficient (Wildman–Crippen LogP) is 1.71. The number of hydrogen-bond donors (Lipinski definition) is 2. The number of benzene rings is 1. The molecule has 1 aliphatic rings. The number of rotatable bonds is 2. The summed E-state index contributed by atoms with van der Waals surface area (Å²) < 4.78 is 15.0. The van der Waals surface area contributed by atoms with Crippen molar-refractivity contribution in [1.29, 1.82) is 0 Å². The number of hydrogen-bond acceptors (Lipinski definition) is 7. The van der Waals surface area contributed by atoms with Crippen LogP contribution in [0.15, 0.2) is 23.0 Å². The molecule has 3 heterocycles. The number of nitrogens with one attached hydrogen (secondary N) is 2. The summed E-state index contributed by atoms with van der Waals surface area (Å²) in [4.78, 5) is 31.4. The lowest BCUT2D eigenvalue weighted by atomic mass is 10.2. The standard InChI is InChI=1S/C15H12N4O4S/c1-7-16-11-12(14(20)17-7)19-24-13(11)15(21)18-8-2-3-9-10(6-8)23-5-4-22-9/h2-3,6H,4-5H2,1H3,(H,18,21)(H,16,17,20). The van der Waals surface area contributed by atoms with Crippen molar-refractivity contribution >= 4 is 34.2 Å². The van der Waals surface area contributed by atoms with Gasteiger partial charge in [-0.1, -0.05) is 0 Å². The number of aromatic amines is 1. The zero-order valence-electron chi connectivity index (χ0n) is 12.6. The summed E-state index contributed by atoms with van der Waals surface area (Å²) in [5.41, 5.74) is 0.675. The van der Waals surface area contributed by atoms with Gasteiger partial charge in [0.15, 0.2) is 17.0 Å². The molecule has 0 fully saturated rings. The van der Waals surface area contributed by atoms with Gasteiger partial charge in [0.25, 0.3) is 11.5 Å². The summed E-state index contributed by atoms with van der Waals surface area (Å²) in [7, 11) is 0. The minimum atomic E-state index is -0.378. The summed E-state index contributed by atoms with van der Waals surface area (Å²) in [5.74, 6) is 1.28. The average molecular weight is 344 g/mol. The Labute approximate surface area is 139 Å². The van der Waals surface area contributed by atoms with E-state index in [1.54, 1.807) is 25.1 Å².